The van der Waals surface area contributed by atoms with Gasteiger partial charge < -0.3 is 18.8 Å². The molecule has 7 heteroatoms. The number of carbonyl (C=O) groups excluding carboxylic acids is 1. The number of piperidine rings is 1. The van der Waals surface area contributed by atoms with Gasteiger partial charge in [-0.25, -0.2) is 0 Å². The monoisotopic (exact) mass is 397 g/mol. The predicted molar refractivity (Wildman–Crippen MR) is 105 cm³/mol. The molecule has 1 aromatic heterocycles. The van der Waals surface area contributed by atoms with Crippen molar-refractivity contribution < 1.29 is 18.7 Å². The largest absolute Gasteiger partial charge is 0.483 e. The van der Waals surface area contributed by atoms with Gasteiger partial charge in [0.05, 0.1) is 0 Å². The second-order valence-corrected chi connectivity index (χ2v) is 8.98. The average Bonchev–Trinajstić information content (AvgIpc) is 3.34. The fourth-order valence-corrected chi connectivity index (χ4v) is 4.21. The molecule has 0 bridgehead atoms. The zero-order valence-electron chi connectivity index (χ0n) is 17.0. The molecule has 5 rings (SSSR count). The van der Waals surface area contributed by atoms with Crippen molar-refractivity contribution in [3.63, 3.8) is 0 Å². The molecule has 1 saturated carbocycles. The third-order valence-corrected chi connectivity index (χ3v) is 5.99. The third kappa shape index (κ3) is 3.82. The Morgan fingerprint density at radius 3 is 2.52 bits per heavy atom. The number of fused-ring (bicyclic) bond motifs is 1. The van der Waals surface area contributed by atoms with E-state index in [2.05, 4.69) is 30.1 Å². The van der Waals surface area contributed by atoms with E-state index in [0.29, 0.717) is 24.8 Å². The van der Waals surface area contributed by atoms with E-state index in [0.717, 1.165) is 55.2 Å². The average molecular weight is 397 g/mol. The number of hydrogen-bond acceptors (Lipinski definition) is 6. The summed E-state index contributed by atoms with van der Waals surface area (Å²) in [5.74, 6) is 3.66. The second-order valence-electron chi connectivity index (χ2n) is 8.98. The number of aromatic nitrogens is 2. The van der Waals surface area contributed by atoms with Crippen LogP contribution in [0.1, 0.15) is 68.7 Å². The fraction of sp³-hybridized carbons (Fsp3) is 0.591. The Morgan fingerprint density at radius 2 is 1.83 bits per heavy atom. The first-order valence-electron chi connectivity index (χ1n) is 10.5. The first-order chi connectivity index (χ1) is 14.0. The zero-order valence-corrected chi connectivity index (χ0v) is 17.0. The normalized spacial score (nSPS) is 21.0. The number of para-hydroxylation sites is 1. The van der Waals surface area contributed by atoms with Gasteiger partial charge in [0, 0.05) is 36.9 Å². The van der Waals surface area contributed by atoms with Gasteiger partial charge >= 0.3 is 0 Å². The maximum absolute atomic E-state index is 12.7. The van der Waals surface area contributed by atoms with Gasteiger partial charge in [0.2, 0.25) is 11.8 Å². The lowest BCUT2D eigenvalue weighted by molar-refractivity contribution is -0.134. The minimum absolute atomic E-state index is 0.00232. The van der Waals surface area contributed by atoms with Crippen LogP contribution in [0.15, 0.2) is 22.6 Å². The summed E-state index contributed by atoms with van der Waals surface area (Å²) >= 11 is 0. The van der Waals surface area contributed by atoms with Gasteiger partial charge in [-0.3, -0.25) is 4.79 Å². The molecule has 1 amide bonds. The molecule has 0 N–H and O–H groups in total. The number of carbonyl (C=O) groups is 1. The van der Waals surface area contributed by atoms with Gasteiger partial charge in [-0.1, -0.05) is 12.1 Å². The van der Waals surface area contributed by atoms with Gasteiger partial charge in [-0.05, 0) is 45.6 Å². The lowest BCUT2D eigenvalue weighted by Gasteiger charge is -2.30. The highest BCUT2D eigenvalue weighted by molar-refractivity contribution is 5.78. The highest BCUT2D eigenvalue weighted by Crippen LogP contribution is 2.42. The molecule has 1 aromatic carbocycles. The summed E-state index contributed by atoms with van der Waals surface area (Å²) in [5, 5.41) is 8.41. The molecule has 7 nitrogen and oxygen atoms in total. The van der Waals surface area contributed by atoms with Crippen LogP contribution >= 0.6 is 0 Å². The van der Waals surface area contributed by atoms with Crippen molar-refractivity contribution in [1.82, 2.24) is 15.1 Å². The smallest absolute Gasteiger partial charge is 0.260 e. The summed E-state index contributed by atoms with van der Waals surface area (Å²) in [6.45, 7) is 5.51. The van der Waals surface area contributed by atoms with Gasteiger partial charge in [0.25, 0.3) is 5.91 Å². The van der Waals surface area contributed by atoms with E-state index in [4.69, 9.17) is 13.9 Å². The van der Waals surface area contributed by atoms with Crippen molar-refractivity contribution in [1.29, 1.82) is 0 Å². The quantitative estimate of drug-likeness (QED) is 0.769. The number of ether oxygens (including phenoxy) is 2. The summed E-state index contributed by atoms with van der Waals surface area (Å²) in [6.07, 6.45) is 4.84. The summed E-state index contributed by atoms with van der Waals surface area (Å²) < 4.78 is 17.7. The molecular formula is C22H27N3O4. The Bertz CT molecular complexity index is 911. The predicted octanol–water partition coefficient (Wildman–Crippen LogP) is 3.45. The first kappa shape index (κ1) is 18.5. The minimum atomic E-state index is -0.234. The van der Waals surface area contributed by atoms with E-state index < -0.39 is 0 Å². The van der Waals surface area contributed by atoms with Gasteiger partial charge in [-0.2, -0.15) is 0 Å². The van der Waals surface area contributed by atoms with Crippen molar-refractivity contribution in [2.45, 2.75) is 63.4 Å². The van der Waals surface area contributed by atoms with E-state index in [1.54, 1.807) is 0 Å². The summed E-state index contributed by atoms with van der Waals surface area (Å²) in [6, 6.07) is 5.87. The maximum Gasteiger partial charge on any atom is 0.260 e. The minimum Gasteiger partial charge on any atom is -0.483 e. The highest BCUT2D eigenvalue weighted by atomic mass is 16.5. The van der Waals surface area contributed by atoms with Crippen molar-refractivity contribution in [3.8, 4) is 11.5 Å². The number of rotatable bonds is 5. The molecule has 1 aliphatic carbocycles. The van der Waals surface area contributed by atoms with Crippen LogP contribution in [0.5, 0.6) is 11.5 Å². The van der Waals surface area contributed by atoms with Crippen LogP contribution < -0.4 is 9.47 Å². The molecule has 1 saturated heterocycles. The molecule has 154 valence electrons. The Hall–Kier alpha value is -2.57. The third-order valence-electron chi connectivity index (χ3n) is 5.99. The van der Waals surface area contributed by atoms with Crippen LogP contribution in [0, 0.1) is 0 Å². The van der Waals surface area contributed by atoms with Gasteiger partial charge in [-0.15, -0.1) is 10.2 Å². The van der Waals surface area contributed by atoms with Crippen LogP contribution in [-0.2, 0) is 11.2 Å². The first-order valence-corrected chi connectivity index (χ1v) is 10.5. The topological polar surface area (TPSA) is 77.7 Å². The fourth-order valence-electron chi connectivity index (χ4n) is 4.21. The van der Waals surface area contributed by atoms with E-state index in [-0.39, 0.29) is 24.0 Å². The van der Waals surface area contributed by atoms with E-state index in [1.807, 2.05) is 17.0 Å². The molecule has 0 unspecified atom stereocenters. The number of nitrogens with zero attached hydrogens (tertiary/aromatic N) is 3. The molecule has 29 heavy (non-hydrogen) atoms. The SMILES string of the molecule is CC1(C)Cc2cccc(OCC(=O)N3CCC(c4nnc(C5CC5)o4)CC3)c2O1. The van der Waals surface area contributed by atoms with Crippen molar-refractivity contribution >= 4 is 5.91 Å². The van der Waals surface area contributed by atoms with Crippen LogP contribution in [0.3, 0.4) is 0 Å². The van der Waals surface area contributed by atoms with Crippen molar-refractivity contribution in [2.75, 3.05) is 19.7 Å². The Morgan fingerprint density at radius 1 is 1.14 bits per heavy atom. The standard InChI is InChI=1S/C22H27N3O4/c1-22(2)12-16-4-3-5-17(19(16)29-22)27-13-18(26)25-10-8-15(9-11-25)21-24-23-20(28-21)14-6-7-14/h3-5,14-15H,6-13H2,1-2H3. The molecule has 0 spiro atoms. The summed E-state index contributed by atoms with van der Waals surface area (Å²) in [5.41, 5.74) is 0.896. The molecule has 0 atom stereocenters. The highest BCUT2D eigenvalue weighted by Gasteiger charge is 2.34. The number of likely N-dealkylation sites (tertiary alicyclic amines) is 1. The van der Waals surface area contributed by atoms with Crippen LogP contribution in [0.25, 0.3) is 0 Å². The second kappa shape index (κ2) is 7.04. The molecule has 0 radical (unpaired) electrons. The summed E-state index contributed by atoms with van der Waals surface area (Å²) in [7, 11) is 0. The summed E-state index contributed by atoms with van der Waals surface area (Å²) in [4.78, 5) is 14.5. The maximum atomic E-state index is 12.7. The van der Waals surface area contributed by atoms with Crippen LogP contribution in [0.4, 0.5) is 0 Å². The zero-order chi connectivity index (χ0) is 20.0. The molecule has 3 heterocycles. The van der Waals surface area contributed by atoms with Crippen LogP contribution in [0.2, 0.25) is 0 Å². The number of amides is 1. The van der Waals surface area contributed by atoms with Crippen LogP contribution in [-0.4, -0.2) is 46.3 Å². The van der Waals surface area contributed by atoms with Gasteiger partial charge in [0.15, 0.2) is 18.1 Å². The number of hydrogen-bond donors (Lipinski definition) is 0. The molecule has 2 aliphatic heterocycles. The Balaban J connectivity index is 1.14. The molecular weight excluding hydrogens is 370 g/mol. The lowest BCUT2D eigenvalue weighted by atomic mass is 9.97. The van der Waals surface area contributed by atoms with E-state index >= 15 is 0 Å². The van der Waals surface area contributed by atoms with Gasteiger partial charge in [0.1, 0.15) is 5.60 Å². The van der Waals surface area contributed by atoms with E-state index in [1.165, 1.54) is 0 Å². The Labute approximate surface area is 170 Å². The van der Waals surface area contributed by atoms with Crippen molar-refractivity contribution in [3.05, 3.63) is 35.5 Å². The molecule has 2 fully saturated rings. The van der Waals surface area contributed by atoms with Crippen molar-refractivity contribution in [2.24, 2.45) is 0 Å². The number of benzene rings is 1. The molecule has 3 aliphatic rings. The Kier molecular flexibility index (Phi) is 4.48. The van der Waals surface area contributed by atoms with E-state index in [9.17, 15) is 4.79 Å². The molecule has 2 aromatic rings. The lowest BCUT2D eigenvalue weighted by Crippen LogP contribution is -2.40.